The molecule has 7 heteroatoms. The van der Waals surface area contributed by atoms with Gasteiger partial charge in [0.15, 0.2) is 5.82 Å². The van der Waals surface area contributed by atoms with E-state index in [1.54, 1.807) is 12.1 Å². The number of carbonyl (C=O) groups excluding carboxylic acids is 1. The van der Waals surface area contributed by atoms with E-state index >= 15 is 0 Å². The number of aromatic nitrogens is 3. The summed E-state index contributed by atoms with van der Waals surface area (Å²) in [5, 5.41) is 7.86. The summed E-state index contributed by atoms with van der Waals surface area (Å²) in [4.78, 5) is 20.2. The van der Waals surface area contributed by atoms with Gasteiger partial charge in [-0.1, -0.05) is 23.4 Å². The minimum absolute atomic E-state index is 0.0805. The van der Waals surface area contributed by atoms with E-state index in [-0.39, 0.29) is 18.3 Å². The van der Waals surface area contributed by atoms with Crippen molar-refractivity contribution in [2.75, 3.05) is 0 Å². The summed E-state index contributed by atoms with van der Waals surface area (Å²) in [6, 6.07) is 14.3. The van der Waals surface area contributed by atoms with Crippen molar-refractivity contribution in [1.29, 1.82) is 0 Å². The summed E-state index contributed by atoms with van der Waals surface area (Å²) < 4.78 is 18.6. The maximum atomic E-state index is 13.4. The number of aryl methyl sites for hydroxylation is 1. The zero-order valence-electron chi connectivity index (χ0n) is 16.3. The summed E-state index contributed by atoms with van der Waals surface area (Å²) >= 11 is 0. The Morgan fingerprint density at radius 3 is 2.77 bits per heavy atom. The first-order valence-electron chi connectivity index (χ1n) is 10.1. The number of halogens is 1. The van der Waals surface area contributed by atoms with Gasteiger partial charge in [0.05, 0.1) is 6.54 Å². The standard InChI is InChI=1S/C23H21FN4O2/c24-16-9-7-14(8-10-16)22-18(17-3-1-2-4-19(17)26-22)11-12-21(29)25-13-20-27-23(30-28-20)15-5-6-15/h1-4,7-10,15,26H,5-6,11-13H2,(H,25,29). The van der Waals surface area contributed by atoms with Crippen molar-refractivity contribution in [2.24, 2.45) is 0 Å². The van der Waals surface area contributed by atoms with Gasteiger partial charge in [0.25, 0.3) is 0 Å². The molecule has 2 N–H and O–H groups in total. The molecule has 0 spiro atoms. The summed E-state index contributed by atoms with van der Waals surface area (Å²) in [6.07, 6.45) is 3.06. The van der Waals surface area contributed by atoms with Crippen LogP contribution in [0.3, 0.4) is 0 Å². The highest BCUT2D eigenvalue weighted by Crippen LogP contribution is 2.38. The molecule has 2 heterocycles. The van der Waals surface area contributed by atoms with Gasteiger partial charge in [0, 0.05) is 28.9 Å². The molecule has 0 radical (unpaired) electrons. The Bertz CT molecular complexity index is 1190. The molecule has 1 fully saturated rings. The number of benzene rings is 2. The molecule has 2 aromatic heterocycles. The lowest BCUT2D eigenvalue weighted by molar-refractivity contribution is -0.121. The Hall–Kier alpha value is -3.48. The molecular weight excluding hydrogens is 383 g/mol. The molecule has 0 unspecified atom stereocenters. The average molecular weight is 404 g/mol. The Morgan fingerprint density at radius 2 is 1.97 bits per heavy atom. The van der Waals surface area contributed by atoms with E-state index in [0.29, 0.717) is 30.5 Å². The van der Waals surface area contributed by atoms with Crippen LogP contribution in [-0.4, -0.2) is 21.0 Å². The second-order valence-corrected chi connectivity index (χ2v) is 7.63. The van der Waals surface area contributed by atoms with Crippen LogP contribution in [0.5, 0.6) is 0 Å². The SMILES string of the molecule is O=C(CCc1c(-c2ccc(F)cc2)[nH]c2ccccc12)NCc1noc(C2CC2)n1. The lowest BCUT2D eigenvalue weighted by Gasteiger charge is -2.06. The van der Waals surface area contributed by atoms with Gasteiger partial charge in [-0.05, 0) is 60.7 Å². The Labute approximate surface area is 172 Å². The van der Waals surface area contributed by atoms with E-state index in [1.165, 1.54) is 12.1 Å². The van der Waals surface area contributed by atoms with Crippen molar-refractivity contribution in [3.05, 3.63) is 71.6 Å². The van der Waals surface area contributed by atoms with Crippen LogP contribution >= 0.6 is 0 Å². The van der Waals surface area contributed by atoms with Crippen LogP contribution in [-0.2, 0) is 17.8 Å². The first-order valence-corrected chi connectivity index (χ1v) is 10.1. The van der Waals surface area contributed by atoms with Crippen molar-refractivity contribution < 1.29 is 13.7 Å². The van der Waals surface area contributed by atoms with Crippen LogP contribution in [0.15, 0.2) is 53.1 Å². The van der Waals surface area contributed by atoms with Gasteiger partial charge >= 0.3 is 0 Å². The molecule has 152 valence electrons. The largest absolute Gasteiger partial charge is 0.354 e. The zero-order valence-corrected chi connectivity index (χ0v) is 16.3. The van der Waals surface area contributed by atoms with E-state index in [9.17, 15) is 9.18 Å². The van der Waals surface area contributed by atoms with Gasteiger partial charge in [-0.25, -0.2) is 4.39 Å². The monoisotopic (exact) mass is 404 g/mol. The Kier molecular flexibility index (Phi) is 4.78. The molecule has 0 bridgehead atoms. The quantitative estimate of drug-likeness (QED) is 0.476. The molecule has 0 saturated heterocycles. The van der Waals surface area contributed by atoms with Crippen LogP contribution in [0.4, 0.5) is 4.39 Å². The van der Waals surface area contributed by atoms with Crippen molar-refractivity contribution in [2.45, 2.75) is 38.1 Å². The smallest absolute Gasteiger partial charge is 0.229 e. The second-order valence-electron chi connectivity index (χ2n) is 7.63. The number of nitrogens with one attached hydrogen (secondary N) is 2. The topological polar surface area (TPSA) is 83.8 Å². The minimum Gasteiger partial charge on any atom is -0.354 e. The predicted octanol–water partition coefficient (Wildman–Crippen LogP) is 4.48. The third-order valence-corrected chi connectivity index (χ3v) is 5.40. The minimum atomic E-state index is -0.276. The van der Waals surface area contributed by atoms with Crippen LogP contribution in [0.1, 0.15) is 42.5 Å². The summed E-state index contributed by atoms with van der Waals surface area (Å²) in [7, 11) is 0. The molecule has 1 amide bonds. The van der Waals surface area contributed by atoms with Crippen LogP contribution in [0.2, 0.25) is 0 Å². The first-order chi connectivity index (χ1) is 14.7. The van der Waals surface area contributed by atoms with E-state index in [2.05, 4.69) is 20.4 Å². The van der Waals surface area contributed by atoms with Crippen LogP contribution in [0, 0.1) is 5.82 Å². The highest BCUT2D eigenvalue weighted by atomic mass is 19.1. The number of nitrogens with zero attached hydrogens (tertiary/aromatic N) is 2. The highest BCUT2D eigenvalue weighted by Gasteiger charge is 2.29. The molecule has 2 aromatic carbocycles. The number of hydrogen-bond donors (Lipinski definition) is 2. The fourth-order valence-electron chi connectivity index (χ4n) is 3.66. The summed E-state index contributed by atoms with van der Waals surface area (Å²) in [5.41, 5.74) is 3.84. The maximum Gasteiger partial charge on any atom is 0.229 e. The number of carbonyl (C=O) groups is 1. The number of fused-ring (bicyclic) bond motifs is 1. The number of aromatic amines is 1. The molecule has 30 heavy (non-hydrogen) atoms. The number of H-pyrrole nitrogens is 1. The lowest BCUT2D eigenvalue weighted by atomic mass is 10.0. The van der Waals surface area contributed by atoms with Crippen LogP contribution in [0.25, 0.3) is 22.2 Å². The molecule has 0 aliphatic heterocycles. The molecular formula is C23H21FN4O2. The molecule has 1 aliphatic rings. The Morgan fingerprint density at radius 1 is 1.17 bits per heavy atom. The first kappa shape index (κ1) is 18.5. The van der Waals surface area contributed by atoms with Crippen molar-refractivity contribution in [3.63, 3.8) is 0 Å². The fraction of sp³-hybridized carbons (Fsp3) is 0.261. The van der Waals surface area contributed by atoms with Gasteiger partial charge in [0.2, 0.25) is 11.8 Å². The number of rotatable bonds is 7. The van der Waals surface area contributed by atoms with Gasteiger partial charge < -0.3 is 14.8 Å². The van der Waals surface area contributed by atoms with Crippen LogP contribution < -0.4 is 5.32 Å². The van der Waals surface area contributed by atoms with E-state index in [0.717, 1.165) is 40.6 Å². The zero-order chi connectivity index (χ0) is 20.5. The highest BCUT2D eigenvalue weighted by molar-refractivity contribution is 5.91. The maximum absolute atomic E-state index is 13.4. The number of para-hydroxylation sites is 1. The molecule has 5 rings (SSSR count). The third kappa shape index (κ3) is 3.83. The number of hydrogen-bond acceptors (Lipinski definition) is 4. The lowest BCUT2D eigenvalue weighted by Crippen LogP contribution is -2.23. The predicted molar refractivity (Wildman–Crippen MR) is 110 cm³/mol. The summed E-state index contributed by atoms with van der Waals surface area (Å²) in [5.74, 6) is 1.21. The molecule has 4 aromatic rings. The van der Waals surface area contributed by atoms with Crippen molar-refractivity contribution in [3.8, 4) is 11.3 Å². The van der Waals surface area contributed by atoms with Crippen molar-refractivity contribution >= 4 is 16.8 Å². The number of amides is 1. The molecule has 0 atom stereocenters. The van der Waals surface area contributed by atoms with E-state index in [4.69, 9.17) is 4.52 Å². The van der Waals surface area contributed by atoms with E-state index < -0.39 is 0 Å². The van der Waals surface area contributed by atoms with Gasteiger partial charge in [-0.3, -0.25) is 4.79 Å². The molecule has 6 nitrogen and oxygen atoms in total. The normalized spacial score (nSPS) is 13.6. The third-order valence-electron chi connectivity index (χ3n) is 5.40. The van der Waals surface area contributed by atoms with E-state index in [1.807, 2.05) is 24.3 Å². The summed E-state index contributed by atoms with van der Waals surface area (Å²) in [6.45, 7) is 0.258. The molecule has 1 saturated carbocycles. The van der Waals surface area contributed by atoms with Gasteiger partial charge in [-0.15, -0.1) is 0 Å². The molecule has 1 aliphatic carbocycles. The fourth-order valence-corrected chi connectivity index (χ4v) is 3.66. The van der Waals surface area contributed by atoms with Crippen molar-refractivity contribution in [1.82, 2.24) is 20.4 Å². The van der Waals surface area contributed by atoms with Gasteiger partial charge in [0.1, 0.15) is 5.82 Å². The Balaban J connectivity index is 1.29. The second kappa shape index (κ2) is 7.74. The van der Waals surface area contributed by atoms with Gasteiger partial charge in [-0.2, -0.15) is 4.98 Å². The average Bonchev–Trinajstić information content (AvgIpc) is 3.39.